The van der Waals surface area contributed by atoms with Crippen LogP contribution in [0, 0.1) is 5.92 Å². The average molecular weight is 336 g/mol. The molecule has 0 aliphatic carbocycles. The van der Waals surface area contributed by atoms with Crippen molar-refractivity contribution in [3.05, 3.63) is 47.2 Å². The minimum atomic E-state index is 0.131. The summed E-state index contributed by atoms with van der Waals surface area (Å²) in [5.41, 5.74) is 0.815. The number of nitrogens with zero attached hydrogens (tertiary/aromatic N) is 3. The number of carbonyl (C=O) groups excluding carboxylic acids is 1. The Kier molecular flexibility index (Phi) is 4.74. The topological polar surface area (TPSA) is 38.1 Å². The minimum Gasteiger partial charge on any atom is -0.338 e. The van der Waals surface area contributed by atoms with Crippen LogP contribution in [0.25, 0.3) is 0 Å². The molecule has 2 heterocycles. The molecule has 1 aliphatic rings. The van der Waals surface area contributed by atoms with Crippen molar-refractivity contribution in [2.24, 2.45) is 5.92 Å². The molecule has 22 heavy (non-hydrogen) atoms. The molecule has 0 bridgehead atoms. The summed E-state index contributed by atoms with van der Waals surface area (Å²) in [5, 5.41) is 4.83. The van der Waals surface area contributed by atoms with Crippen LogP contribution in [0.1, 0.15) is 17.3 Å². The first-order valence-electron chi connectivity index (χ1n) is 7.36. The lowest BCUT2D eigenvalue weighted by Gasteiger charge is -2.39. The molecule has 116 valence electrons. The molecule has 0 radical (unpaired) electrons. The molecule has 2 aromatic rings. The van der Waals surface area contributed by atoms with E-state index in [4.69, 9.17) is 11.6 Å². The molecule has 0 saturated carbocycles. The molecule has 1 aliphatic heterocycles. The van der Waals surface area contributed by atoms with E-state index in [1.165, 1.54) is 0 Å². The Bertz CT molecular complexity index is 667. The second kappa shape index (κ2) is 6.75. The van der Waals surface area contributed by atoms with Crippen LogP contribution >= 0.6 is 23.4 Å². The molecule has 1 fully saturated rings. The van der Waals surface area contributed by atoms with Gasteiger partial charge >= 0.3 is 0 Å². The summed E-state index contributed by atoms with van der Waals surface area (Å²) in [4.78, 5) is 15.6. The van der Waals surface area contributed by atoms with Gasteiger partial charge < -0.3 is 4.90 Å². The summed E-state index contributed by atoms with van der Waals surface area (Å²) in [6, 6.07) is 7.84. The fraction of sp³-hybridized carbons (Fsp3) is 0.375. The first kappa shape index (κ1) is 15.4. The number of halogens is 1. The summed E-state index contributed by atoms with van der Waals surface area (Å²) in [6.07, 6.45) is 3.46. The Hall–Kier alpha value is -1.46. The van der Waals surface area contributed by atoms with Crippen molar-refractivity contribution in [1.29, 1.82) is 0 Å². The SMILES string of the molecule is CCSc1ccccc1C(=O)N1CC(Cn2cc(Cl)cn2)C1. The fourth-order valence-electron chi connectivity index (χ4n) is 2.65. The van der Waals surface area contributed by atoms with Gasteiger partial charge in [0.25, 0.3) is 5.91 Å². The Morgan fingerprint density at radius 3 is 2.86 bits per heavy atom. The minimum absolute atomic E-state index is 0.131. The van der Waals surface area contributed by atoms with Crippen LogP contribution in [-0.2, 0) is 6.54 Å². The van der Waals surface area contributed by atoms with E-state index in [1.54, 1.807) is 18.0 Å². The van der Waals surface area contributed by atoms with E-state index in [2.05, 4.69) is 12.0 Å². The molecule has 0 spiro atoms. The first-order chi connectivity index (χ1) is 10.7. The summed E-state index contributed by atoms with van der Waals surface area (Å²) >= 11 is 7.57. The predicted molar refractivity (Wildman–Crippen MR) is 89.5 cm³/mol. The van der Waals surface area contributed by atoms with Crippen LogP contribution in [0.2, 0.25) is 5.02 Å². The highest BCUT2D eigenvalue weighted by Crippen LogP contribution is 2.27. The second-order valence-electron chi connectivity index (χ2n) is 5.39. The molecule has 0 unspecified atom stereocenters. The summed E-state index contributed by atoms with van der Waals surface area (Å²) in [6.45, 7) is 4.46. The van der Waals surface area contributed by atoms with Gasteiger partial charge in [0.05, 0.1) is 16.8 Å². The number of hydrogen-bond acceptors (Lipinski definition) is 3. The lowest BCUT2D eigenvalue weighted by Crippen LogP contribution is -2.51. The summed E-state index contributed by atoms with van der Waals surface area (Å²) in [7, 11) is 0. The van der Waals surface area contributed by atoms with Gasteiger partial charge in [-0.25, -0.2) is 0 Å². The molecular weight excluding hydrogens is 318 g/mol. The number of carbonyl (C=O) groups is 1. The number of rotatable bonds is 5. The van der Waals surface area contributed by atoms with Crippen LogP contribution in [-0.4, -0.2) is 39.4 Å². The van der Waals surface area contributed by atoms with E-state index < -0.39 is 0 Å². The van der Waals surface area contributed by atoms with Gasteiger partial charge in [0.15, 0.2) is 0 Å². The molecule has 0 N–H and O–H groups in total. The maximum absolute atomic E-state index is 12.6. The van der Waals surface area contributed by atoms with Crippen LogP contribution in [0.4, 0.5) is 0 Å². The third kappa shape index (κ3) is 3.31. The van der Waals surface area contributed by atoms with E-state index in [9.17, 15) is 4.79 Å². The van der Waals surface area contributed by atoms with Crippen molar-refractivity contribution in [1.82, 2.24) is 14.7 Å². The molecule has 3 rings (SSSR count). The lowest BCUT2D eigenvalue weighted by molar-refractivity contribution is 0.0458. The van der Waals surface area contributed by atoms with Crippen LogP contribution in [0.3, 0.4) is 0 Å². The molecule has 6 heteroatoms. The maximum atomic E-state index is 12.6. The largest absolute Gasteiger partial charge is 0.338 e. The summed E-state index contributed by atoms with van der Waals surface area (Å²) < 4.78 is 1.84. The molecular formula is C16H18ClN3OS. The highest BCUT2D eigenvalue weighted by Gasteiger charge is 2.32. The van der Waals surface area contributed by atoms with Crippen molar-refractivity contribution in [2.45, 2.75) is 18.4 Å². The molecule has 1 saturated heterocycles. The Morgan fingerprint density at radius 1 is 1.41 bits per heavy atom. The van der Waals surface area contributed by atoms with Crippen molar-refractivity contribution in [3.8, 4) is 0 Å². The van der Waals surface area contributed by atoms with E-state index in [0.29, 0.717) is 10.9 Å². The van der Waals surface area contributed by atoms with Gasteiger partial charge in [-0.15, -0.1) is 11.8 Å². The number of thioether (sulfide) groups is 1. The quantitative estimate of drug-likeness (QED) is 0.786. The highest BCUT2D eigenvalue weighted by molar-refractivity contribution is 7.99. The predicted octanol–water partition coefficient (Wildman–Crippen LogP) is 3.42. The number of aromatic nitrogens is 2. The monoisotopic (exact) mass is 335 g/mol. The van der Waals surface area contributed by atoms with Crippen LogP contribution in [0.15, 0.2) is 41.6 Å². The Balaban J connectivity index is 1.59. The molecule has 1 amide bonds. The van der Waals surface area contributed by atoms with Crippen LogP contribution < -0.4 is 0 Å². The molecule has 0 atom stereocenters. The maximum Gasteiger partial charge on any atom is 0.255 e. The van der Waals surface area contributed by atoms with Gasteiger partial charge in [-0.2, -0.15) is 5.10 Å². The lowest BCUT2D eigenvalue weighted by atomic mass is 9.99. The van der Waals surface area contributed by atoms with Crippen molar-refractivity contribution in [2.75, 3.05) is 18.8 Å². The number of amides is 1. The van der Waals surface area contributed by atoms with Gasteiger partial charge in [0.2, 0.25) is 0 Å². The van der Waals surface area contributed by atoms with Crippen molar-refractivity contribution in [3.63, 3.8) is 0 Å². The van der Waals surface area contributed by atoms with Crippen molar-refractivity contribution < 1.29 is 4.79 Å². The number of hydrogen-bond donors (Lipinski definition) is 0. The van der Waals surface area contributed by atoms with Gasteiger partial charge in [0, 0.05) is 36.6 Å². The smallest absolute Gasteiger partial charge is 0.255 e. The zero-order chi connectivity index (χ0) is 15.5. The second-order valence-corrected chi connectivity index (χ2v) is 7.13. The third-order valence-electron chi connectivity index (χ3n) is 3.71. The van der Waals surface area contributed by atoms with E-state index in [0.717, 1.165) is 35.8 Å². The van der Waals surface area contributed by atoms with Crippen LogP contribution in [0.5, 0.6) is 0 Å². The molecule has 1 aromatic heterocycles. The summed E-state index contributed by atoms with van der Waals surface area (Å²) in [5.74, 6) is 1.55. The van der Waals surface area contributed by atoms with E-state index in [-0.39, 0.29) is 5.91 Å². The fourth-order valence-corrected chi connectivity index (χ4v) is 3.60. The van der Waals surface area contributed by atoms with Gasteiger partial charge in [0.1, 0.15) is 0 Å². The number of likely N-dealkylation sites (tertiary alicyclic amines) is 1. The Morgan fingerprint density at radius 2 is 2.18 bits per heavy atom. The van der Waals surface area contributed by atoms with E-state index in [1.807, 2.05) is 40.0 Å². The van der Waals surface area contributed by atoms with Gasteiger partial charge in [-0.3, -0.25) is 9.48 Å². The standard InChI is InChI=1S/C16H18ClN3OS/c1-2-22-15-6-4-3-5-14(15)16(21)19-8-12(9-19)10-20-11-13(17)7-18-20/h3-7,11-12H,2,8-10H2,1H3. The average Bonchev–Trinajstić information content (AvgIpc) is 2.88. The van der Waals surface area contributed by atoms with Crippen molar-refractivity contribution >= 4 is 29.3 Å². The number of benzene rings is 1. The molecule has 4 nitrogen and oxygen atoms in total. The third-order valence-corrected chi connectivity index (χ3v) is 4.86. The normalized spacial score (nSPS) is 14.9. The van der Waals surface area contributed by atoms with Gasteiger partial charge in [-0.1, -0.05) is 30.7 Å². The van der Waals surface area contributed by atoms with E-state index >= 15 is 0 Å². The van der Waals surface area contributed by atoms with Gasteiger partial charge in [-0.05, 0) is 17.9 Å². The molecule has 1 aromatic carbocycles. The highest BCUT2D eigenvalue weighted by atomic mass is 35.5. The zero-order valence-corrected chi connectivity index (χ0v) is 14.0. The zero-order valence-electron chi connectivity index (χ0n) is 12.4. The first-order valence-corrected chi connectivity index (χ1v) is 8.72. The Labute approximate surface area is 139 Å².